The number of thioether (sulfide) groups is 1. The van der Waals surface area contributed by atoms with Crippen molar-refractivity contribution in [3.8, 4) is 11.5 Å². The van der Waals surface area contributed by atoms with Crippen LogP contribution in [0.25, 0.3) is 0 Å². The van der Waals surface area contributed by atoms with Crippen LogP contribution in [0.5, 0.6) is 11.5 Å². The molecule has 2 aromatic carbocycles. The van der Waals surface area contributed by atoms with Crippen LogP contribution in [0.3, 0.4) is 0 Å². The van der Waals surface area contributed by atoms with Crippen LogP contribution in [0, 0.1) is 0 Å². The first-order chi connectivity index (χ1) is 11.6. The molecule has 0 unspecified atom stereocenters. The summed E-state index contributed by atoms with van der Waals surface area (Å²) in [5.41, 5.74) is 0. The second-order valence-corrected chi connectivity index (χ2v) is 6.64. The molecule has 0 saturated carbocycles. The Labute approximate surface area is 151 Å². The van der Waals surface area contributed by atoms with E-state index in [0.717, 1.165) is 15.7 Å². The number of benzene rings is 2. The molecule has 0 saturated heterocycles. The summed E-state index contributed by atoms with van der Waals surface area (Å²) >= 11 is 7.51. The summed E-state index contributed by atoms with van der Waals surface area (Å²) in [6.07, 6.45) is -0.572. The van der Waals surface area contributed by atoms with Crippen LogP contribution in [0.1, 0.15) is 6.92 Å². The molecule has 0 fully saturated rings. The molecule has 24 heavy (non-hydrogen) atoms. The first-order valence-corrected chi connectivity index (χ1v) is 8.91. The smallest absolute Gasteiger partial charge is 0.260 e. The first kappa shape index (κ1) is 18.5. The monoisotopic (exact) mass is 365 g/mol. The summed E-state index contributed by atoms with van der Waals surface area (Å²) in [5, 5.41) is 3.59. The number of ether oxygens (including phenoxy) is 2. The Hall–Kier alpha value is -1.85. The zero-order chi connectivity index (χ0) is 17.4. The number of hydrogen-bond donors (Lipinski definition) is 1. The Balaban J connectivity index is 1.72. The van der Waals surface area contributed by atoms with Gasteiger partial charge < -0.3 is 14.8 Å². The van der Waals surface area contributed by atoms with Crippen LogP contribution < -0.4 is 14.8 Å². The lowest BCUT2D eigenvalue weighted by atomic mass is 10.3. The van der Waals surface area contributed by atoms with E-state index in [0.29, 0.717) is 18.0 Å². The summed E-state index contributed by atoms with van der Waals surface area (Å²) in [7, 11) is 1.59. The average molecular weight is 366 g/mol. The molecule has 0 aromatic heterocycles. The van der Waals surface area contributed by atoms with Gasteiger partial charge in [0.2, 0.25) is 0 Å². The second-order valence-electron chi connectivity index (χ2n) is 5.03. The van der Waals surface area contributed by atoms with Crippen molar-refractivity contribution < 1.29 is 14.3 Å². The average Bonchev–Trinajstić information content (AvgIpc) is 2.60. The van der Waals surface area contributed by atoms with Crippen molar-refractivity contribution >= 4 is 29.3 Å². The summed E-state index contributed by atoms with van der Waals surface area (Å²) in [6, 6.07) is 14.8. The summed E-state index contributed by atoms with van der Waals surface area (Å²) in [6.45, 7) is 2.29. The maximum atomic E-state index is 12.1. The van der Waals surface area contributed by atoms with Gasteiger partial charge in [-0.25, -0.2) is 0 Å². The molecule has 1 atom stereocenters. The van der Waals surface area contributed by atoms with Gasteiger partial charge in [0.1, 0.15) is 11.5 Å². The van der Waals surface area contributed by atoms with Crippen LogP contribution in [0.4, 0.5) is 0 Å². The highest BCUT2D eigenvalue weighted by Gasteiger charge is 2.14. The minimum atomic E-state index is -0.572. The largest absolute Gasteiger partial charge is 0.497 e. The molecule has 1 amide bonds. The number of carbonyl (C=O) groups excluding carboxylic acids is 1. The van der Waals surface area contributed by atoms with Gasteiger partial charge in [0.25, 0.3) is 5.91 Å². The Kier molecular flexibility index (Phi) is 7.28. The highest BCUT2D eigenvalue weighted by molar-refractivity contribution is 7.99. The third-order valence-electron chi connectivity index (χ3n) is 3.21. The molecule has 0 aliphatic carbocycles. The van der Waals surface area contributed by atoms with Gasteiger partial charge in [0, 0.05) is 28.3 Å². The molecule has 0 spiro atoms. The number of halogens is 1. The van der Waals surface area contributed by atoms with Crippen LogP contribution in [-0.2, 0) is 4.79 Å². The van der Waals surface area contributed by atoms with E-state index in [1.807, 2.05) is 36.4 Å². The van der Waals surface area contributed by atoms with Crippen molar-refractivity contribution in [3.63, 3.8) is 0 Å². The molecule has 6 heteroatoms. The Bertz CT molecular complexity index is 664. The molecule has 0 heterocycles. The predicted octanol–water partition coefficient (Wildman–Crippen LogP) is 4.02. The topological polar surface area (TPSA) is 47.6 Å². The molecule has 4 nitrogen and oxygen atoms in total. The van der Waals surface area contributed by atoms with Crippen molar-refractivity contribution in [3.05, 3.63) is 53.6 Å². The fourth-order valence-electron chi connectivity index (χ4n) is 1.95. The maximum Gasteiger partial charge on any atom is 0.260 e. The number of carbonyl (C=O) groups is 1. The Morgan fingerprint density at radius 2 is 1.92 bits per heavy atom. The highest BCUT2D eigenvalue weighted by atomic mass is 35.5. The predicted molar refractivity (Wildman–Crippen MR) is 98.3 cm³/mol. The molecular weight excluding hydrogens is 346 g/mol. The lowest BCUT2D eigenvalue weighted by Gasteiger charge is -2.15. The normalized spacial score (nSPS) is 11.6. The van der Waals surface area contributed by atoms with Crippen molar-refractivity contribution in [1.82, 2.24) is 5.32 Å². The van der Waals surface area contributed by atoms with E-state index in [2.05, 4.69) is 5.32 Å². The lowest BCUT2D eigenvalue weighted by Crippen LogP contribution is -2.37. The Morgan fingerprint density at radius 3 is 2.62 bits per heavy atom. The number of amides is 1. The molecule has 2 aromatic rings. The van der Waals surface area contributed by atoms with Gasteiger partial charge in [-0.2, -0.15) is 0 Å². The molecular formula is C18H20ClNO3S. The molecule has 0 bridgehead atoms. The molecule has 128 valence electrons. The minimum Gasteiger partial charge on any atom is -0.497 e. The van der Waals surface area contributed by atoms with Crippen LogP contribution >= 0.6 is 23.4 Å². The van der Waals surface area contributed by atoms with Crippen LogP contribution in [0.15, 0.2) is 53.4 Å². The van der Waals surface area contributed by atoms with E-state index in [1.165, 1.54) is 0 Å². The number of methoxy groups -OCH3 is 1. The van der Waals surface area contributed by atoms with Gasteiger partial charge in [0.05, 0.1) is 7.11 Å². The number of rotatable bonds is 8. The quantitative estimate of drug-likeness (QED) is 0.567. The summed E-state index contributed by atoms with van der Waals surface area (Å²) in [4.78, 5) is 13.2. The summed E-state index contributed by atoms with van der Waals surface area (Å²) < 4.78 is 10.8. The highest BCUT2D eigenvalue weighted by Crippen LogP contribution is 2.21. The fourth-order valence-corrected chi connectivity index (χ4v) is 2.84. The third kappa shape index (κ3) is 5.98. The van der Waals surface area contributed by atoms with E-state index < -0.39 is 6.10 Å². The second kappa shape index (κ2) is 9.45. The standard InChI is InChI=1S/C18H20ClNO3S/c1-13(23-16-5-3-4-15(12-16)22-2)18(21)20-10-11-24-17-8-6-14(19)7-9-17/h3-9,12-13H,10-11H2,1-2H3,(H,20,21)/t13-/m1/s1. The zero-order valence-corrected chi connectivity index (χ0v) is 15.2. The van der Waals surface area contributed by atoms with Gasteiger partial charge in [-0.05, 0) is 43.3 Å². The van der Waals surface area contributed by atoms with E-state index in [9.17, 15) is 4.79 Å². The summed E-state index contributed by atoms with van der Waals surface area (Å²) in [5.74, 6) is 1.93. The van der Waals surface area contributed by atoms with E-state index >= 15 is 0 Å². The van der Waals surface area contributed by atoms with Crippen molar-refractivity contribution in [2.24, 2.45) is 0 Å². The number of nitrogens with one attached hydrogen (secondary N) is 1. The molecule has 1 N–H and O–H groups in total. The van der Waals surface area contributed by atoms with E-state index in [1.54, 1.807) is 37.9 Å². The zero-order valence-electron chi connectivity index (χ0n) is 13.6. The van der Waals surface area contributed by atoms with Crippen molar-refractivity contribution in [2.45, 2.75) is 17.9 Å². The molecule has 0 radical (unpaired) electrons. The van der Waals surface area contributed by atoms with Gasteiger partial charge in [0.15, 0.2) is 6.10 Å². The molecule has 2 rings (SSSR count). The van der Waals surface area contributed by atoms with Gasteiger partial charge in [-0.15, -0.1) is 11.8 Å². The van der Waals surface area contributed by atoms with E-state index in [-0.39, 0.29) is 5.91 Å². The van der Waals surface area contributed by atoms with E-state index in [4.69, 9.17) is 21.1 Å². The van der Waals surface area contributed by atoms with Gasteiger partial charge in [-0.1, -0.05) is 17.7 Å². The molecule has 0 aliphatic heterocycles. The fraction of sp³-hybridized carbons (Fsp3) is 0.278. The van der Waals surface area contributed by atoms with Crippen LogP contribution in [-0.4, -0.2) is 31.4 Å². The lowest BCUT2D eigenvalue weighted by molar-refractivity contribution is -0.127. The molecule has 0 aliphatic rings. The maximum absolute atomic E-state index is 12.1. The Morgan fingerprint density at radius 1 is 1.21 bits per heavy atom. The van der Waals surface area contributed by atoms with Crippen molar-refractivity contribution in [1.29, 1.82) is 0 Å². The number of hydrogen-bond acceptors (Lipinski definition) is 4. The van der Waals surface area contributed by atoms with Gasteiger partial charge >= 0.3 is 0 Å². The van der Waals surface area contributed by atoms with Gasteiger partial charge in [-0.3, -0.25) is 4.79 Å². The minimum absolute atomic E-state index is 0.144. The van der Waals surface area contributed by atoms with Crippen molar-refractivity contribution in [2.75, 3.05) is 19.4 Å². The third-order valence-corrected chi connectivity index (χ3v) is 4.47. The SMILES string of the molecule is COc1cccc(O[C@H](C)C(=O)NCCSc2ccc(Cl)cc2)c1. The van der Waals surface area contributed by atoms with Crippen LogP contribution in [0.2, 0.25) is 5.02 Å². The first-order valence-electron chi connectivity index (χ1n) is 7.55.